The number of methoxy groups -OCH3 is 1. The second-order valence-electron chi connectivity index (χ2n) is 5.38. The number of nitriles is 1. The Hall–Kier alpha value is -2.83. The maximum Gasteiger partial charge on any atom is 0.347 e. The van der Waals surface area contributed by atoms with E-state index in [0.29, 0.717) is 33.1 Å². The van der Waals surface area contributed by atoms with Crippen LogP contribution in [0.2, 0.25) is 0 Å². The summed E-state index contributed by atoms with van der Waals surface area (Å²) in [4.78, 5) is 15.7. The molecule has 6 heteroatoms. The van der Waals surface area contributed by atoms with Crippen molar-refractivity contribution in [2.75, 3.05) is 7.11 Å². The minimum Gasteiger partial charge on any atom is -0.495 e. The zero-order valence-corrected chi connectivity index (χ0v) is 14.6. The Morgan fingerprint density at radius 3 is 2.62 bits per heavy atom. The molecule has 122 valence electrons. The van der Waals surface area contributed by atoms with Crippen LogP contribution in [0.4, 0.5) is 0 Å². The molecule has 2 aromatic rings. The highest BCUT2D eigenvalue weighted by Gasteiger charge is 2.18. The van der Waals surface area contributed by atoms with E-state index in [1.165, 1.54) is 7.11 Å². The van der Waals surface area contributed by atoms with E-state index < -0.39 is 5.97 Å². The first-order valence-electron chi connectivity index (χ1n) is 7.22. The molecular formula is C18H16N2O3S. The van der Waals surface area contributed by atoms with E-state index in [9.17, 15) is 10.1 Å². The van der Waals surface area contributed by atoms with Crippen LogP contribution in [0.1, 0.15) is 40.3 Å². The van der Waals surface area contributed by atoms with Gasteiger partial charge in [-0.3, -0.25) is 0 Å². The van der Waals surface area contributed by atoms with E-state index in [4.69, 9.17) is 9.84 Å². The fourth-order valence-electron chi connectivity index (χ4n) is 2.05. The zero-order chi connectivity index (χ0) is 17.9. The molecule has 1 aromatic carbocycles. The van der Waals surface area contributed by atoms with Crippen LogP contribution in [0.15, 0.2) is 12.1 Å². The summed E-state index contributed by atoms with van der Waals surface area (Å²) in [5.74, 6) is 5.65. The average Bonchev–Trinajstić information content (AvgIpc) is 2.94. The monoisotopic (exact) mass is 340 g/mol. The van der Waals surface area contributed by atoms with Gasteiger partial charge in [0.2, 0.25) is 0 Å². The number of aromatic nitrogens is 1. The Kier molecular flexibility index (Phi) is 5.23. The molecular weight excluding hydrogens is 324 g/mol. The lowest BCUT2D eigenvalue weighted by Gasteiger charge is -2.08. The largest absolute Gasteiger partial charge is 0.495 e. The topological polar surface area (TPSA) is 83.2 Å². The molecule has 0 saturated heterocycles. The Labute approximate surface area is 144 Å². The summed E-state index contributed by atoms with van der Waals surface area (Å²) in [5, 5.41) is 19.1. The van der Waals surface area contributed by atoms with Crippen LogP contribution >= 0.6 is 11.3 Å². The quantitative estimate of drug-likeness (QED) is 0.861. The lowest BCUT2D eigenvalue weighted by Crippen LogP contribution is -1.94. The van der Waals surface area contributed by atoms with Gasteiger partial charge in [-0.05, 0) is 19.1 Å². The normalized spacial score (nSPS) is 10.0. The van der Waals surface area contributed by atoms with Crippen molar-refractivity contribution in [1.29, 1.82) is 5.26 Å². The fourth-order valence-corrected chi connectivity index (χ4v) is 2.94. The minimum atomic E-state index is -1.01. The van der Waals surface area contributed by atoms with Gasteiger partial charge < -0.3 is 9.84 Å². The first kappa shape index (κ1) is 17.5. The molecule has 2 rings (SSSR count). The molecule has 5 nitrogen and oxygen atoms in total. The van der Waals surface area contributed by atoms with Gasteiger partial charge in [0, 0.05) is 11.5 Å². The molecule has 0 radical (unpaired) electrons. The number of rotatable bonds is 3. The molecule has 0 bridgehead atoms. The molecule has 0 aliphatic carbocycles. The minimum absolute atomic E-state index is 0.167. The van der Waals surface area contributed by atoms with Crippen molar-refractivity contribution in [3.8, 4) is 34.2 Å². The first-order valence-corrected chi connectivity index (χ1v) is 8.03. The van der Waals surface area contributed by atoms with E-state index in [2.05, 4.69) is 22.9 Å². The summed E-state index contributed by atoms with van der Waals surface area (Å²) < 4.78 is 5.37. The number of aromatic carboxylic acids is 1. The van der Waals surface area contributed by atoms with Crippen molar-refractivity contribution in [2.24, 2.45) is 5.92 Å². The first-order chi connectivity index (χ1) is 11.4. The number of aryl methyl sites for hydroxylation is 1. The molecule has 0 aliphatic rings. The van der Waals surface area contributed by atoms with Gasteiger partial charge in [0.1, 0.15) is 21.7 Å². The van der Waals surface area contributed by atoms with E-state index >= 15 is 0 Å². The summed E-state index contributed by atoms with van der Waals surface area (Å²) >= 11 is 1.07. The lowest BCUT2D eigenvalue weighted by atomic mass is 10.0. The molecule has 0 spiro atoms. The predicted octanol–water partition coefficient (Wildman–Crippen LogP) is 3.70. The molecule has 0 aliphatic heterocycles. The van der Waals surface area contributed by atoms with Crippen LogP contribution in [0.5, 0.6) is 5.75 Å². The van der Waals surface area contributed by atoms with Crippen molar-refractivity contribution >= 4 is 17.3 Å². The van der Waals surface area contributed by atoms with Crippen LogP contribution in [0.3, 0.4) is 0 Å². The van der Waals surface area contributed by atoms with Crippen LogP contribution in [-0.2, 0) is 0 Å². The summed E-state index contributed by atoms with van der Waals surface area (Å²) in [7, 11) is 1.51. The highest BCUT2D eigenvalue weighted by Crippen LogP contribution is 2.33. The molecule has 0 saturated carbocycles. The number of carbonyl (C=O) groups is 1. The van der Waals surface area contributed by atoms with E-state index in [1.807, 2.05) is 13.8 Å². The third-order valence-electron chi connectivity index (χ3n) is 3.17. The highest BCUT2D eigenvalue weighted by molar-refractivity contribution is 7.17. The van der Waals surface area contributed by atoms with Gasteiger partial charge in [-0.1, -0.05) is 25.7 Å². The van der Waals surface area contributed by atoms with E-state index in [0.717, 1.165) is 11.3 Å². The smallest absolute Gasteiger partial charge is 0.347 e. The number of carboxylic acid groups (broad SMARTS) is 1. The number of ether oxygens (including phenoxy) is 1. The Bertz CT molecular complexity index is 895. The molecule has 0 atom stereocenters. The van der Waals surface area contributed by atoms with Crippen LogP contribution in [-0.4, -0.2) is 23.2 Å². The number of hydrogen-bond donors (Lipinski definition) is 1. The van der Waals surface area contributed by atoms with Gasteiger partial charge in [0.15, 0.2) is 0 Å². The SMILES string of the molecule is COc1cc(-c2nc(C)c(C(=O)O)s2)cc(C#N)c1C#CC(C)C. The molecule has 1 heterocycles. The predicted molar refractivity (Wildman–Crippen MR) is 92.2 cm³/mol. The molecule has 0 unspecified atom stereocenters. The summed E-state index contributed by atoms with van der Waals surface area (Å²) in [6.45, 7) is 5.58. The van der Waals surface area contributed by atoms with Gasteiger partial charge in [-0.25, -0.2) is 9.78 Å². The van der Waals surface area contributed by atoms with Gasteiger partial charge in [-0.15, -0.1) is 11.3 Å². The average molecular weight is 340 g/mol. The molecule has 0 fully saturated rings. The van der Waals surface area contributed by atoms with Gasteiger partial charge >= 0.3 is 5.97 Å². The highest BCUT2D eigenvalue weighted by atomic mass is 32.1. The van der Waals surface area contributed by atoms with Crippen molar-refractivity contribution in [1.82, 2.24) is 4.98 Å². The van der Waals surface area contributed by atoms with Gasteiger partial charge in [-0.2, -0.15) is 5.26 Å². The van der Waals surface area contributed by atoms with Crippen molar-refractivity contribution in [2.45, 2.75) is 20.8 Å². The van der Waals surface area contributed by atoms with Crippen molar-refractivity contribution in [3.05, 3.63) is 33.8 Å². The second kappa shape index (κ2) is 7.16. The van der Waals surface area contributed by atoms with E-state index in [-0.39, 0.29) is 10.8 Å². The van der Waals surface area contributed by atoms with Crippen molar-refractivity contribution < 1.29 is 14.6 Å². The maximum atomic E-state index is 11.2. The van der Waals surface area contributed by atoms with Gasteiger partial charge in [0.25, 0.3) is 0 Å². The number of carboxylic acids is 1. The Morgan fingerprint density at radius 2 is 2.12 bits per heavy atom. The van der Waals surface area contributed by atoms with Crippen LogP contribution < -0.4 is 4.74 Å². The Balaban J connectivity index is 2.63. The second-order valence-corrected chi connectivity index (χ2v) is 6.37. The maximum absolute atomic E-state index is 11.2. The van der Waals surface area contributed by atoms with E-state index in [1.54, 1.807) is 19.1 Å². The van der Waals surface area contributed by atoms with Crippen molar-refractivity contribution in [3.63, 3.8) is 0 Å². The number of thiazole rings is 1. The zero-order valence-electron chi connectivity index (χ0n) is 13.8. The molecule has 1 N–H and O–H groups in total. The fraction of sp³-hybridized carbons (Fsp3) is 0.278. The number of benzene rings is 1. The summed E-state index contributed by atoms with van der Waals surface area (Å²) in [6, 6.07) is 5.52. The number of hydrogen-bond acceptors (Lipinski definition) is 5. The Morgan fingerprint density at radius 1 is 1.42 bits per heavy atom. The van der Waals surface area contributed by atoms with Gasteiger partial charge in [0.05, 0.1) is 23.9 Å². The molecule has 0 amide bonds. The third-order valence-corrected chi connectivity index (χ3v) is 4.36. The standard InChI is InChI=1S/C18H16N2O3S/c1-10(2)5-6-14-13(9-19)7-12(8-15(14)23-4)17-20-11(3)16(24-17)18(21)22/h7-8,10H,1-4H3,(H,21,22). The molecule has 24 heavy (non-hydrogen) atoms. The van der Waals surface area contributed by atoms with Crippen LogP contribution in [0.25, 0.3) is 10.6 Å². The van der Waals surface area contributed by atoms with Crippen LogP contribution in [0, 0.1) is 36.0 Å². The molecule has 1 aromatic heterocycles. The third kappa shape index (κ3) is 3.56. The lowest BCUT2D eigenvalue weighted by molar-refractivity contribution is 0.0701. The summed E-state index contributed by atoms with van der Waals surface area (Å²) in [5.41, 5.74) is 1.99. The summed E-state index contributed by atoms with van der Waals surface area (Å²) in [6.07, 6.45) is 0. The number of nitrogens with zero attached hydrogens (tertiary/aromatic N) is 2.